The Kier molecular flexibility index (Phi) is 2.93. The minimum absolute atomic E-state index is 0.274. The topological polar surface area (TPSA) is 50.9 Å². The SMILES string of the molecule is COCC1(C2CC2)CN=C(N)N1c1ccccc1F. The summed E-state index contributed by atoms with van der Waals surface area (Å²) in [6, 6.07) is 6.69. The molecule has 1 fully saturated rings. The highest BCUT2D eigenvalue weighted by atomic mass is 19.1. The Bertz CT molecular complexity index is 515. The highest BCUT2D eigenvalue weighted by molar-refractivity contribution is 5.98. The summed E-state index contributed by atoms with van der Waals surface area (Å²) < 4.78 is 19.5. The number of aliphatic imine (C=N–C) groups is 1. The summed E-state index contributed by atoms with van der Waals surface area (Å²) in [6.45, 7) is 1.09. The first-order valence-electron chi connectivity index (χ1n) is 6.52. The van der Waals surface area contributed by atoms with Gasteiger partial charge in [0.25, 0.3) is 0 Å². The van der Waals surface area contributed by atoms with E-state index in [1.807, 2.05) is 11.0 Å². The molecule has 0 aromatic heterocycles. The minimum atomic E-state index is -0.318. The van der Waals surface area contributed by atoms with Crippen molar-refractivity contribution in [3.8, 4) is 0 Å². The van der Waals surface area contributed by atoms with Gasteiger partial charge in [0.15, 0.2) is 5.96 Å². The van der Waals surface area contributed by atoms with Gasteiger partial charge in [-0.2, -0.15) is 0 Å². The second kappa shape index (κ2) is 4.49. The van der Waals surface area contributed by atoms with Crippen molar-refractivity contribution in [1.82, 2.24) is 0 Å². The average molecular weight is 263 g/mol. The van der Waals surface area contributed by atoms with Crippen molar-refractivity contribution in [2.45, 2.75) is 18.4 Å². The number of hydrogen-bond donors (Lipinski definition) is 1. The molecule has 1 aromatic carbocycles. The van der Waals surface area contributed by atoms with Crippen molar-refractivity contribution < 1.29 is 9.13 Å². The third-order valence-electron chi connectivity index (χ3n) is 4.01. The van der Waals surface area contributed by atoms with Crippen molar-refractivity contribution in [3.63, 3.8) is 0 Å². The summed E-state index contributed by atoms with van der Waals surface area (Å²) in [5, 5.41) is 0. The number of para-hydroxylation sites is 1. The van der Waals surface area contributed by atoms with Crippen LogP contribution in [0.3, 0.4) is 0 Å². The highest BCUT2D eigenvalue weighted by Crippen LogP contribution is 2.47. The molecule has 2 aliphatic rings. The summed E-state index contributed by atoms with van der Waals surface area (Å²) in [7, 11) is 1.66. The lowest BCUT2D eigenvalue weighted by molar-refractivity contribution is 0.129. The van der Waals surface area contributed by atoms with Crippen molar-refractivity contribution in [1.29, 1.82) is 0 Å². The first-order chi connectivity index (χ1) is 9.19. The maximum Gasteiger partial charge on any atom is 0.196 e. The van der Waals surface area contributed by atoms with Gasteiger partial charge in [0.2, 0.25) is 0 Å². The molecule has 1 aliphatic carbocycles. The van der Waals surface area contributed by atoms with Gasteiger partial charge in [0.05, 0.1) is 24.4 Å². The maximum atomic E-state index is 14.1. The lowest BCUT2D eigenvalue weighted by Crippen LogP contribution is -2.56. The third-order valence-corrected chi connectivity index (χ3v) is 4.01. The van der Waals surface area contributed by atoms with E-state index < -0.39 is 0 Å². The van der Waals surface area contributed by atoms with Gasteiger partial charge in [0.1, 0.15) is 5.82 Å². The molecule has 1 saturated carbocycles. The van der Waals surface area contributed by atoms with Gasteiger partial charge in [-0.15, -0.1) is 0 Å². The number of nitrogens with two attached hydrogens (primary N) is 1. The fraction of sp³-hybridized carbons (Fsp3) is 0.500. The van der Waals surface area contributed by atoms with E-state index in [-0.39, 0.29) is 11.4 Å². The van der Waals surface area contributed by atoms with Crippen LogP contribution in [0.25, 0.3) is 0 Å². The molecule has 4 nitrogen and oxygen atoms in total. The number of hydrogen-bond acceptors (Lipinski definition) is 4. The molecule has 2 N–H and O–H groups in total. The fourth-order valence-electron chi connectivity index (χ4n) is 2.99. The standard InChI is InChI=1S/C14H18FN3O/c1-19-9-14(10-6-7-10)8-17-13(16)18(14)12-5-3-2-4-11(12)15/h2-5,10H,6-9H2,1H3,(H2,16,17). The van der Waals surface area contributed by atoms with Crippen molar-refractivity contribution in [3.05, 3.63) is 30.1 Å². The molecule has 0 spiro atoms. The van der Waals surface area contributed by atoms with Gasteiger partial charge in [0, 0.05) is 7.11 Å². The minimum Gasteiger partial charge on any atom is -0.382 e. The van der Waals surface area contributed by atoms with Crippen LogP contribution >= 0.6 is 0 Å². The van der Waals surface area contributed by atoms with Crippen LogP contribution in [0, 0.1) is 11.7 Å². The normalized spacial score (nSPS) is 26.6. The second-order valence-electron chi connectivity index (χ2n) is 5.27. The van der Waals surface area contributed by atoms with Crippen LogP contribution in [0.15, 0.2) is 29.3 Å². The van der Waals surface area contributed by atoms with Gasteiger partial charge >= 0.3 is 0 Å². The number of ether oxygens (including phenoxy) is 1. The fourth-order valence-corrected chi connectivity index (χ4v) is 2.99. The lowest BCUT2D eigenvalue weighted by Gasteiger charge is -2.39. The van der Waals surface area contributed by atoms with E-state index in [4.69, 9.17) is 10.5 Å². The monoisotopic (exact) mass is 263 g/mol. The molecule has 1 unspecified atom stereocenters. The maximum absolute atomic E-state index is 14.1. The second-order valence-corrected chi connectivity index (χ2v) is 5.27. The van der Waals surface area contributed by atoms with E-state index in [9.17, 15) is 4.39 Å². The largest absolute Gasteiger partial charge is 0.382 e. The van der Waals surface area contributed by atoms with Crippen molar-refractivity contribution in [2.75, 3.05) is 25.2 Å². The van der Waals surface area contributed by atoms with E-state index in [1.54, 1.807) is 19.2 Å². The van der Waals surface area contributed by atoms with E-state index in [1.165, 1.54) is 6.07 Å². The van der Waals surface area contributed by atoms with Gasteiger partial charge in [-0.25, -0.2) is 4.39 Å². The van der Waals surface area contributed by atoms with E-state index in [0.717, 1.165) is 12.8 Å². The molecule has 5 heteroatoms. The summed E-state index contributed by atoms with van der Waals surface area (Å²) in [6.07, 6.45) is 2.24. The van der Waals surface area contributed by atoms with Crippen LogP contribution in [0.5, 0.6) is 0 Å². The lowest BCUT2D eigenvalue weighted by atomic mass is 9.92. The summed E-state index contributed by atoms with van der Waals surface area (Å²) in [4.78, 5) is 6.18. The summed E-state index contributed by atoms with van der Waals surface area (Å²) in [5.41, 5.74) is 6.18. The molecule has 1 aromatic rings. The smallest absolute Gasteiger partial charge is 0.196 e. The Balaban J connectivity index is 2.04. The Morgan fingerprint density at radius 1 is 1.47 bits per heavy atom. The van der Waals surface area contributed by atoms with Crippen LogP contribution in [0.4, 0.5) is 10.1 Å². The van der Waals surface area contributed by atoms with Gasteiger partial charge in [-0.05, 0) is 30.9 Å². The molecular formula is C14H18FN3O. The first-order valence-corrected chi connectivity index (χ1v) is 6.52. The number of methoxy groups -OCH3 is 1. The van der Waals surface area contributed by atoms with Crippen molar-refractivity contribution in [2.24, 2.45) is 16.6 Å². The quantitative estimate of drug-likeness (QED) is 0.900. The van der Waals surface area contributed by atoms with E-state index >= 15 is 0 Å². The van der Waals surface area contributed by atoms with Crippen molar-refractivity contribution >= 4 is 11.6 Å². The Hall–Kier alpha value is -1.62. The molecule has 19 heavy (non-hydrogen) atoms. The van der Waals surface area contributed by atoms with Gasteiger partial charge in [-0.3, -0.25) is 9.89 Å². The molecule has 0 bridgehead atoms. The molecule has 1 heterocycles. The van der Waals surface area contributed by atoms with Gasteiger partial charge < -0.3 is 10.5 Å². The number of rotatable bonds is 4. The summed E-state index contributed by atoms with van der Waals surface area (Å²) >= 11 is 0. The number of anilines is 1. The van der Waals surface area contributed by atoms with E-state index in [0.29, 0.717) is 30.7 Å². The number of halogens is 1. The van der Waals surface area contributed by atoms with Crippen LogP contribution < -0.4 is 10.6 Å². The van der Waals surface area contributed by atoms with Crippen LogP contribution in [0.2, 0.25) is 0 Å². The summed E-state index contributed by atoms with van der Waals surface area (Å²) in [5.74, 6) is 0.578. The highest BCUT2D eigenvalue weighted by Gasteiger charge is 2.54. The molecule has 0 saturated heterocycles. The molecule has 1 aliphatic heterocycles. The Morgan fingerprint density at radius 3 is 2.84 bits per heavy atom. The molecule has 102 valence electrons. The zero-order chi connectivity index (χ0) is 13.5. The first kappa shape index (κ1) is 12.4. The van der Waals surface area contributed by atoms with Gasteiger partial charge in [-0.1, -0.05) is 12.1 Å². The third kappa shape index (κ3) is 1.89. The predicted molar refractivity (Wildman–Crippen MR) is 72.7 cm³/mol. The predicted octanol–water partition coefficient (Wildman–Crippen LogP) is 1.76. The zero-order valence-corrected chi connectivity index (χ0v) is 11.0. The zero-order valence-electron chi connectivity index (χ0n) is 11.0. The Morgan fingerprint density at radius 2 is 2.21 bits per heavy atom. The molecular weight excluding hydrogens is 245 g/mol. The number of guanidine groups is 1. The number of nitrogens with zero attached hydrogens (tertiary/aromatic N) is 2. The molecule has 1 atom stereocenters. The average Bonchev–Trinajstić information content (AvgIpc) is 3.19. The molecule has 0 radical (unpaired) electrons. The van der Waals surface area contributed by atoms with E-state index in [2.05, 4.69) is 4.99 Å². The number of benzene rings is 1. The van der Waals surface area contributed by atoms with Crippen LogP contribution in [-0.2, 0) is 4.74 Å². The molecule has 0 amide bonds. The van der Waals surface area contributed by atoms with Crippen LogP contribution in [-0.4, -0.2) is 31.8 Å². The van der Waals surface area contributed by atoms with Crippen LogP contribution in [0.1, 0.15) is 12.8 Å². The molecule has 3 rings (SSSR count). The Labute approximate surface area is 112 Å².